The Kier molecular flexibility index (Phi) is 17.5. The van der Waals surface area contributed by atoms with Gasteiger partial charge in [0.1, 0.15) is 12.1 Å². The number of carbonyl (C=O) groups is 2. The molecule has 17 heavy (non-hydrogen) atoms. The molecule has 0 rings (SSSR count). The van der Waals surface area contributed by atoms with Crippen molar-refractivity contribution >= 4 is 24.5 Å². The largest absolute Gasteiger partial charge is 0.303 e. The molecule has 3 heteroatoms. The Hall–Kier alpha value is -0.370. The maximum atomic E-state index is 11.4. The average molecular weight is 263 g/mol. The van der Waals surface area contributed by atoms with Crippen molar-refractivity contribution in [1.29, 1.82) is 0 Å². The molecule has 0 aromatic rings. The van der Waals surface area contributed by atoms with Crippen LogP contribution in [0.4, 0.5) is 0 Å². The van der Waals surface area contributed by atoms with Gasteiger partial charge in [-0.2, -0.15) is 0 Å². The monoisotopic (exact) mass is 262 g/mol. The van der Waals surface area contributed by atoms with E-state index in [2.05, 4.69) is 6.92 Å². The van der Waals surface area contributed by atoms with Crippen molar-refractivity contribution in [2.24, 2.45) is 0 Å². The first kappa shape index (κ1) is 19.0. The molecule has 0 atom stereocenters. The molecule has 0 aliphatic rings. The predicted molar refractivity (Wildman–Crippen MR) is 74.8 cm³/mol. The van der Waals surface area contributed by atoms with E-state index in [0.717, 1.165) is 57.7 Å². The lowest BCUT2D eigenvalue weighted by molar-refractivity contribution is -0.119. The summed E-state index contributed by atoms with van der Waals surface area (Å²) in [7, 11) is 0. The number of hydrogen-bond donors (Lipinski definition) is 0. The highest BCUT2D eigenvalue weighted by Crippen LogP contribution is 2.09. The van der Waals surface area contributed by atoms with Gasteiger partial charge in [-0.25, -0.2) is 0 Å². The Bertz CT molecular complexity index is 181. The minimum Gasteiger partial charge on any atom is -0.303 e. The molecule has 0 spiro atoms. The van der Waals surface area contributed by atoms with E-state index in [1.54, 1.807) is 0 Å². The highest BCUT2D eigenvalue weighted by Gasteiger charge is 2.00. The van der Waals surface area contributed by atoms with E-state index in [1.807, 2.05) is 0 Å². The molecule has 0 radical (unpaired) electrons. The molecule has 0 aromatic carbocycles. The third kappa shape index (κ3) is 15.6. The molecular formula is C14H27ClO2. The molecule has 102 valence electrons. The van der Waals surface area contributed by atoms with Crippen molar-refractivity contribution in [3.63, 3.8) is 0 Å². The van der Waals surface area contributed by atoms with Gasteiger partial charge in [0.15, 0.2) is 0 Å². The number of unbranched alkanes of at least 4 members (excludes halogenated alkanes) is 7. The quantitative estimate of drug-likeness (QED) is 0.384. The Labute approximate surface area is 112 Å². The fourth-order valence-electron chi connectivity index (χ4n) is 1.78. The number of aldehydes is 1. The third-order valence-electron chi connectivity index (χ3n) is 2.84. The summed E-state index contributed by atoms with van der Waals surface area (Å²) in [5, 5.41) is 0. The van der Waals surface area contributed by atoms with Crippen LogP contribution < -0.4 is 0 Å². The predicted octanol–water partition coefficient (Wildman–Crippen LogP) is 4.49. The number of Topliss-reactive ketones (excluding diaryl/α,β-unsaturated/α-hetero) is 1. The molecule has 0 aliphatic carbocycles. The number of carbonyl (C=O) groups excluding carboxylic acids is 2. The van der Waals surface area contributed by atoms with Crippen molar-refractivity contribution in [3.05, 3.63) is 0 Å². The van der Waals surface area contributed by atoms with Gasteiger partial charge in [-0.3, -0.25) is 4.79 Å². The Morgan fingerprint density at radius 1 is 0.882 bits per heavy atom. The van der Waals surface area contributed by atoms with E-state index in [0.29, 0.717) is 12.2 Å². The van der Waals surface area contributed by atoms with Crippen molar-refractivity contribution < 1.29 is 9.59 Å². The van der Waals surface area contributed by atoms with E-state index >= 15 is 0 Å². The third-order valence-corrected chi connectivity index (χ3v) is 2.84. The summed E-state index contributed by atoms with van der Waals surface area (Å²) in [6.45, 7) is 2.16. The molecule has 0 N–H and O–H groups in total. The standard InChI is InChI=1S/C14H26O2.ClH/c1-2-3-8-11-14(16)12-9-6-4-5-7-10-13-15;/h13H,2-12H2,1H3;1H. The van der Waals surface area contributed by atoms with Crippen molar-refractivity contribution in [2.45, 2.75) is 77.6 Å². The molecular weight excluding hydrogens is 236 g/mol. The molecule has 2 nitrogen and oxygen atoms in total. The second kappa shape index (κ2) is 15.6. The topological polar surface area (TPSA) is 34.1 Å². The maximum absolute atomic E-state index is 11.4. The molecule has 0 heterocycles. The normalized spacial score (nSPS) is 9.71. The Morgan fingerprint density at radius 3 is 2.00 bits per heavy atom. The summed E-state index contributed by atoms with van der Waals surface area (Å²) in [5.41, 5.74) is 0. The molecule has 0 amide bonds. The number of hydrogen-bond acceptors (Lipinski definition) is 2. The lowest BCUT2D eigenvalue weighted by Crippen LogP contribution is -1.97. The van der Waals surface area contributed by atoms with Crippen LogP contribution in [0.25, 0.3) is 0 Å². The van der Waals surface area contributed by atoms with Gasteiger partial charge in [-0.15, -0.1) is 12.4 Å². The van der Waals surface area contributed by atoms with Crippen LogP contribution in [0, 0.1) is 0 Å². The van der Waals surface area contributed by atoms with E-state index in [9.17, 15) is 9.59 Å². The molecule has 0 saturated carbocycles. The summed E-state index contributed by atoms with van der Waals surface area (Å²) in [4.78, 5) is 21.5. The second-order valence-electron chi connectivity index (χ2n) is 4.47. The van der Waals surface area contributed by atoms with Gasteiger partial charge in [0, 0.05) is 19.3 Å². The molecule has 0 aromatic heterocycles. The highest BCUT2D eigenvalue weighted by molar-refractivity contribution is 5.85. The first-order chi connectivity index (χ1) is 7.81. The van der Waals surface area contributed by atoms with Crippen LogP contribution in [0.3, 0.4) is 0 Å². The van der Waals surface area contributed by atoms with Crippen LogP contribution in [0.15, 0.2) is 0 Å². The zero-order chi connectivity index (χ0) is 12.1. The van der Waals surface area contributed by atoms with Crippen LogP contribution in [0.5, 0.6) is 0 Å². The van der Waals surface area contributed by atoms with E-state index in [1.165, 1.54) is 12.8 Å². The van der Waals surface area contributed by atoms with E-state index in [4.69, 9.17) is 0 Å². The first-order valence-corrected chi connectivity index (χ1v) is 6.76. The minimum atomic E-state index is 0. The van der Waals surface area contributed by atoms with Crippen LogP contribution in [-0.2, 0) is 9.59 Å². The summed E-state index contributed by atoms with van der Waals surface area (Å²) in [6.07, 6.45) is 12.1. The van der Waals surface area contributed by atoms with Crippen LogP contribution >= 0.6 is 12.4 Å². The van der Waals surface area contributed by atoms with Gasteiger partial charge >= 0.3 is 0 Å². The molecule has 0 unspecified atom stereocenters. The number of rotatable bonds is 12. The summed E-state index contributed by atoms with van der Waals surface area (Å²) in [6, 6.07) is 0. The average Bonchev–Trinajstić information content (AvgIpc) is 2.28. The van der Waals surface area contributed by atoms with Gasteiger partial charge in [-0.05, 0) is 19.3 Å². The summed E-state index contributed by atoms with van der Waals surface area (Å²) < 4.78 is 0. The van der Waals surface area contributed by atoms with Crippen LogP contribution in [0.2, 0.25) is 0 Å². The molecule has 0 saturated heterocycles. The molecule has 0 bridgehead atoms. The van der Waals surface area contributed by atoms with Gasteiger partial charge in [-0.1, -0.05) is 39.0 Å². The van der Waals surface area contributed by atoms with Gasteiger partial charge < -0.3 is 4.79 Å². The van der Waals surface area contributed by atoms with Crippen LogP contribution in [0.1, 0.15) is 77.6 Å². The molecule has 0 fully saturated rings. The van der Waals surface area contributed by atoms with Crippen LogP contribution in [-0.4, -0.2) is 12.1 Å². The lowest BCUT2D eigenvalue weighted by atomic mass is 10.0. The van der Waals surface area contributed by atoms with Gasteiger partial charge in [0.25, 0.3) is 0 Å². The number of ketones is 1. The zero-order valence-electron chi connectivity index (χ0n) is 11.1. The first-order valence-electron chi connectivity index (χ1n) is 6.76. The van der Waals surface area contributed by atoms with E-state index < -0.39 is 0 Å². The maximum Gasteiger partial charge on any atom is 0.132 e. The zero-order valence-corrected chi connectivity index (χ0v) is 11.9. The second-order valence-corrected chi connectivity index (χ2v) is 4.47. The van der Waals surface area contributed by atoms with Crippen molar-refractivity contribution in [3.8, 4) is 0 Å². The van der Waals surface area contributed by atoms with Gasteiger partial charge in [0.05, 0.1) is 0 Å². The van der Waals surface area contributed by atoms with Crippen molar-refractivity contribution in [2.75, 3.05) is 0 Å². The lowest BCUT2D eigenvalue weighted by Gasteiger charge is -2.01. The fraction of sp³-hybridized carbons (Fsp3) is 0.857. The highest BCUT2D eigenvalue weighted by atomic mass is 35.5. The summed E-state index contributed by atoms with van der Waals surface area (Å²) >= 11 is 0. The smallest absolute Gasteiger partial charge is 0.132 e. The number of halogens is 1. The van der Waals surface area contributed by atoms with E-state index in [-0.39, 0.29) is 12.4 Å². The fourth-order valence-corrected chi connectivity index (χ4v) is 1.78. The summed E-state index contributed by atoms with van der Waals surface area (Å²) in [5.74, 6) is 0.432. The SMILES string of the molecule is CCCCCC(=O)CCCCCCCC=O.Cl. The minimum absolute atomic E-state index is 0. The van der Waals surface area contributed by atoms with Crippen molar-refractivity contribution in [1.82, 2.24) is 0 Å². The Balaban J connectivity index is 0. The molecule has 0 aliphatic heterocycles. The Morgan fingerprint density at radius 2 is 1.41 bits per heavy atom. The van der Waals surface area contributed by atoms with Gasteiger partial charge in [0.2, 0.25) is 0 Å².